The van der Waals surface area contributed by atoms with Gasteiger partial charge in [0.15, 0.2) is 5.69 Å². The number of nitrogens with two attached hydrogens (primary N) is 2. The summed E-state index contributed by atoms with van der Waals surface area (Å²) in [7, 11) is -7.67. The number of benzene rings is 2. The van der Waals surface area contributed by atoms with Crippen molar-refractivity contribution in [3.05, 3.63) is 59.8 Å². The highest BCUT2D eigenvalue weighted by Crippen LogP contribution is 2.29. The first kappa shape index (κ1) is 21.6. The summed E-state index contributed by atoms with van der Waals surface area (Å²) in [6.07, 6.45) is 0. The van der Waals surface area contributed by atoms with Gasteiger partial charge in [0.1, 0.15) is 12.4 Å². The standard InChI is InChI=1S/C18H16N6O6S2/c19-31(26,27)12-5-1-10(2-6-12)21-16-14-9-30-17(25)15(14)23-18(24-16)22-11-3-7-13(8-4-11)32(20,28)29/h1-8H,9H2,(H2,19,26,27)(H2,20,28,29)(H2,21,22,23,24). The predicted molar refractivity (Wildman–Crippen MR) is 113 cm³/mol. The molecule has 0 saturated carbocycles. The van der Waals surface area contributed by atoms with Gasteiger partial charge in [-0.05, 0) is 48.5 Å². The average molecular weight is 476 g/mol. The van der Waals surface area contributed by atoms with Gasteiger partial charge < -0.3 is 15.4 Å². The lowest BCUT2D eigenvalue weighted by atomic mass is 10.2. The number of aromatic nitrogens is 2. The van der Waals surface area contributed by atoms with Crippen LogP contribution in [0.15, 0.2) is 58.3 Å². The van der Waals surface area contributed by atoms with Crippen LogP contribution in [0.3, 0.4) is 0 Å². The van der Waals surface area contributed by atoms with Crippen molar-refractivity contribution < 1.29 is 26.4 Å². The highest BCUT2D eigenvalue weighted by atomic mass is 32.2. The summed E-state index contributed by atoms with van der Waals surface area (Å²) in [5.74, 6) is -0.301. The number of sulfonamides is 2. The van der Waals surface area contributed by atoms with Crippen LogP contribution in [0.1, 0.15) is 16.1 Å². The smallest absolute Gasteiger partial charge is 0.357 e. The molecule has 1 aromatic heterocycles. The van der Waals surface area contributed by atoms with E-state index in [1.165, 1.54) is 48.5 Å². The summed E-state index contributed by atoms with van der Waals surface area (Å²) in [5, 5.41) is 16.1. The molecular formula is C18H16N6O6S2. The van der Waals surface area contributed by atoms with Gasteiger partial charge in [-0.1, -0.05) is 0 Å². The minimum Gasteiger partial charge on any atom is -0.456 e. The Morgan fingerprint density at radius 1 is 0.781 bits per heavy atom. The topological polar surface area (TPSA) is 196 Å². The number of esters is 1. The molecule has 0 unspecified atom stereocenters. The summed E-state index contributed by atoms with van der Waals surface area (Å²) in [6, 6.07) is 11.2. The number of nitrogens with one attached hydrogen (secondary N) is 2. The SMILES string of the molecule is NS(=O)(=O)c1ccc(Nc2nc(Nc3ccc(S(N)(=O)=O)cc3)c3c(n2)C(=O)OC3)cc1. The van der Waals surface area contributed by atoms with Gasteiger partial charge in [-0.2, -0.15) is 4.98 Å². The fourth-order valence-electron chi connectivity index (χ4n) is 2.88. The lowest BCUT2D eigenvalue weighted by Gasteiger charge is -2.12. The van der Waals surface area contributed by atoms with Crippen LogP contribution in [0.2, 0.25) is 0 Å². The molecule has 3 aromatic rings. The number of hydrogen-bond donors (Lipinski definition) is 4. The van der Waals surface area contributed by atoms with Crippen molar-refractivity contribution >= 4 is 49.2 Å². The largest absolute Gasteiger partial charge is 0.456 e. The minimum absolute atomic E-state index is 0.0326. The number of fused-ring (bicyclic) bond motifs is 1. The summed E-state index contributed by atoms with van der Waals surface area (Å²) in [6.45, 7) is -0.0326. The monoisotopic (exact) mass is 476 g/mol. The van der Waals surface area contributed by atoms with Crippen LogP contribution >= 0.6 is 0 Å². The molecule has 6 N–H and O–H groups in total. The van der Waals surface area contributed by atoms with E-state index in [1.54, 1.807) is 0 Å². The molecule has 12 nitrogen and oxygen atoms in total. The zero-order valence-electron chi connectivity index (χ0n) is 16.1. The number of nitrogens with zero attached hydrogens (tertiary/aromatic N) is 2. The highest BCUT2D eigenvalue weighted by Gasteiger charge is 2.28. The zero-order valence-corrected chi connectivity index (χ0v) is 17.8. The van der Waals surface area contributed by atoms with E-state index in [1.807, 2.05) is 0 Å². The Labute approximate surface area is 182 Å². The maximum Gasteiger partial charge on any atom is 0.357 e. The number of rotatable bonds is 6. The Bertz CT molecular complexity index is 1420. The molecule has 14 heteroatoms. The fraction of sp³-hybridized carbons (Fsp3) is 0.0556. The molecule has 0 aliphatic carbocycles. The first-order valence-electron chi connectivity index (χ1n) is 8.88. The third-order valence-corrected chi connectivity index (χ3v) is 6.29. The normalized spacial score (nSPS) is 13.4. The molecule has 2 heterocycles. The predicted octanol–water partition coefficient (Wildman–Crippen LogP) is 0.929. The second-order valence-electron chi connectivity index (χ2n) is 6.69. The van der Waals surface area contributed by atoms with Crippen molar-refractivity contribution in [3.8, 4) is 0 Å². The van der Waals surface area contributed by atoms with E-state index in [0.717, 1.165) is 0 Å². The van der Waals surface area contributed by atoms with Gasteiger partial charge in [0.2, 0.25) is 26.0 Å². The molecule has 0 atom stereocenters. The second kappa shape index (κ2) is 7.83. The minimum atomic E-state index is -3.84. The van der Waals surface area contributed by atoms with E-state index in [9.17, 15) is 21.6 Å². The van der Waals surface area contributed by atoms with E-state index in [-0.39, 0.29) is 33.9 Å². The van der Waals surface area contributed by atoms with E-state index in [0.29, 0.717) is 16.9 Å². The molecule has 166 valence electrons. The van der Waals surface area contributed by atoms with Crippen molar-refractivity contribution in [2.24, 2.45) is 10.3 Å². The number of primary sulfonamides is 2. The summed E-state index contributed by atoms with van der Waals surface area (Å²) in [5.41, 5.74) is 1.43. The van der Waals surface area contributed by atoms with Crippen LogP contribution in [0.25, 0.3) is 0 Å². The highest BCUT2D eigenvalue weighted by molar-refractivity contribution is 7.89. The summed E-state index contributed by atoms with van der Waals surface area (Å²) >= 11 is 0. The number of carbonyl (C=O) groups excluding carboxylic acids is 1. The first-order valence-corrected chi connectivity index (χ1v) is 12.0. The van der Waals surface area contributed by atoms with Gasteiger partial charge in [0, 0.05) is 11.4 Å². The fourth-order valence-corrected chi connectivity index (χ4v) is 3.91. The molecular weight excluding hydrogens is 460 g/mol. The lowest BCUT2D eigenvalue weighted by molar-refractivity contribution is 0.0531. The second-order valence-corrected chi connectivity index (χ2v) is 9.81. The average Bonchev–Trinajstić information content (AvgIpc) is 3.09. The van der Waals surface area contributed by atoms with Crippen molar-refractivity contribution in [2.45, 2.75) is 16.4 Å². The van der Waals surface area contributed by atoms with Gasteiger partial charge >= 0.3 is 5.97 Å². The van der Waals surface area contributed by atoms with Gasteiger partial charge in [-0.15, -0.1) is 0 Å². The van der Waals surface area contributed by atoms with Crippen molar-refractivity contribution in [3.63, 3.8) is 0 Å². The Balaban J connectivity index is 1.65. The first-order chi connectivity index (χ1) is 15.0. The van der Waals surface area contributed by atoms with Crippen molar-refractivity contribution in [1.29, 1.82) is 0 Å². The van der Waals surface area contributed by atoms with E-state index in [2.05, 4.69) is 20.6 Å². The van der Waals surface area contributed by atoms with E-state index >= 15 is 0 Å². The van der Waals surface area contributed by atoms with Crippen LogP contribution in [0.4, 0.5) is 23.1 Å². The van der Waals surface area contributed by atoms with Gasteiger partial charge in [-0.3, -0.25) is 0 Å². The summed E-state index contributed by atoms with van der Waals surface area (Å²) in [4.78, 5) is 20.5. The Morgan fingerprint density at radius 2 is 1.28 bits per heavy atom. The van der Waals surface area contributed by atoms with Crippen LogP contribution in [-0.2, 0) is 31.4 Å². The third-order valence-electron chi connectivity index (χ3n) is 4.43. The number of hydrogen-bond acceptors (Lipinski definition) is 10. The molecule has 0 spiro atoms. The molecule has 32 heavy (non-hydrogen) atoms. The number of anilines is 4. The van der Waals surface area contributed by atoms with E-state index in [4.69, 9.17) is 15.0 Å². The molecule has 0 fully saturated rings. The number of ether oxygens (including phenoxy) is 1. The van der Waals surface area contributed by atoms with Crippen LogP contribution in [0, 0.1) is 0 Å². The van der Waals surface area contributed by atoms with Gasteiger partial charge in [0.05, 0.1) is 15.4 Å². The number of cyclic esters (lactones) is 1. The third kappa shape index (κ3) is 4.52. The molecule has 2 aromatic carbocycles. The molecule has 0 amide bonds. The molecule has 0 radical (unpaired) electrons. The van der Waals surface area contributed by atoms with Crippen LogP contribution in [-0.4, -0.2) is 32.8 Å². The Kier molecular flexibility index (Phi) is 5.29. The van der Waals surface area contributed by atoms with Crippen molar-refractivity contribution in [2.75, 3.05) is 10.6 Å². The molecule has 0 bridgehead atoms. The molecule has 4 rings (SSSR count). The zero-order chi connectivity index (χ0) is 23.1. The van der Waals surface area contributed by atoms with Crippen LogP contribution in [0.5, 0.6) is 0 Å². The van der Waals surface area contributed by atoms with Gasteiger partial charge in [-0.25, -0.2) is 36.9 Å². The Hall–Kier alpha value is -3.59. The quantitative estimate of drug-likeness (QED) is 0.371. The molecule has 1 aliphatic rings. The molecule has 1 aliphatic heterocycles. The van der Waals surface area contributed by atoms with E-state index < -0.39 is 26.0 Å². The lowest BCUT2D eigenvalue weighted by Crippen LogP contribution is -2.12. The summed E-state index contributed by atoms with van der Waals surface area (Å²) < 4.78 is 50.7. The molecule has 0 saturated heterocycles. The number of carbonyl (C=O) groups is 1. The van der Waals surface area contributed by atoms with Crippen LogP contribution < -0.4 is 20.9 Å². The maximum absolute atomic E-state index is 12.1. The Morgan fingerprint density at radius 3 is 1.78 bits per heavy atom. The maximum atomic E-state index is 12.1. The van der Waals surface area contributed by atoms with Crippen molar-refractivity contribution in [1.82, 2.24) is 9.97 Å². The van der Waals surface area contributed by atoms with Gasteiger partial charge in [0.25, 0.3) is 0 Å².